The average Bonchev–Trinajstić information content (AvgIpc) is 2.29. The predicted octanol–water partition coefficient (Wildman–Crippen LogP) is 2.60. The summed E-state index contributed by atoms with van der Waals surface area (Å²) >= 11 is 0. The highest BCUT2D eigenvalue weighted by molar-refractivity contribution is 5.85. The number of halogens is 1. The molecular weight excluding hydrogens is 248 g/mol. The van der Waals surface area contributed by atoms with Gasteiger partial charge in [-0.1, -0.05) is 20.8 Å². The first-order valence-corrected chi connectivity index (χ1v) is 7.07. The van der Waals surface area contributed by atoms with Crippen LogP contribution in [0.4, 0.5) is 0 Å². The molecule has 1 amide bonds. The normalized spacial score (nSPS) is 18.2. The number of carbonyl (C=O) groups is 1. The topological polar surface area (TPSA) is 41.1 Å². The molecular formula is C14H29ClN2O. The van der Waals surface area contributed by atoms with E-state index in [2.05, 4.69) is 31.4 Å². The van der Waals surface area contributed by atoms with E-state index in [1.807, 2.05) is 0 Å². The lowest BCUT2D eigenvalue weighted by Crippen LogP contribution is -2.33. The molecule has 1 unspecified atom stereocenters. The van der Waals surface area contributed by atoms with Crippen LogP contribution in [0.5, 0.6) is 0 Å². The predicted molar refractivity (Wildman–Crippen MR) is 79.1 cm³/mol. The Morgan fingerprint density at radius 3 is 2.44 bits per heavy atom. The van der Waals surface area contributed by atoms with Gasteiger partial charge in [-0.15, -0.1) is 12.4 Å². The molecule has 108 valence electrons. The molecule has 0 aromatic carbocycles. The number of rotatable bonds is 6. The minimum atomic E-state index is 0. The Morgan fingerprint density at radius 2 is 1.89 bits per heavy atom. The monoisotopic (exact) mass is 276 g/mol. The molecule has 1 fully saturated rings. The molecule has 18 heavy (non-hydrogen) atoms. The van der Waals surface area contributed by atoms with Crippen molar-refractivity contribution in [3.8, 4) is 0 Å². The Balaban J connectivity index is 0.00000289. The minimum Gasteiger partial charge on any atom is -0.356 e. The smallest absolute Gasteiger partial charge is 0.220 e. The first-order valence-electron chi connectivity index (χ1n) is 7.07. The summed E-state index contributed by atoms with van der Waals surface area (Å²) in [5.74, 6) is 2.15. The summed E-state index contributed by atoms with van der Waals surface area (Å²) in [6.45, 7) is 9.65. The van der Waals surface area contributed by atoms with E-state index in [0.29, 0.717) is 18.3 Å². The second-order valence-corrected chi connectivity index (χ2v) is 5.80. The van der Waals surface area contributed by atoms with Gasteiger partial charge < -0.3 is 10.6 Å². The molecule has 1 aliphatic heterocycles. The summed E-state index contributed by atoms with van der Waals surface area (Å²) in [6, 6.07) is 0. The zero-order valence-electron chi connectivity index (χ0n) is 12.0. The zero-order valence-corrected chi connectivity index (χ0v) is 12.8. The van der Waals surface area contributed by atoms with Crippen LogP contribution in [0.15, 0.2) is 0 Å². The highest BCUT2D eigenvalue weighted by atomic mass is 35.5. The van der Waals surface area contributed by atoms with Crippen LogP contribution in [0.3, 0.4) is 0 Å². The molecule has 1 atom stereocenters. The lowest BCUT2D eigenvalue weighted by molar-refractivity contribution is -0.122. The van der Waals surface area contributed by atoms with Gasteiger partial charge in [-0.25, -0.2) is 0 Å². The first-order chi connectivity index (χ1) is 8.09. The minimum absolute atomic E-state index is 0. The summed E-state index contributed by atoms with van der Waals surface area (Å²) < 4.78 is 0. The van der Waals surface area contributed by atoms with Gasteiger partial charge in [-0.05, 0) is 50.1 Å². The Hall–Kier alpha value is -0.280. The van der Waals surface area contributed by atoms with Gasteiger partial charge in [0, 0.05) is 13.0 Å². The Bertz CT molecular complexity index is 228. The third kappa shape index (κ3) is 7.22. The van der Waals surface area contributed by atoms with Crippen LogP contribution in [0.2, 0.25) is 0 Å². The maximum Gasteiger partial charge on any atom is 0.220 e. The van der Waals surface area contributed by atoms with Gasteiger partial charge in [0.05, 0.1) is 0 Å². The van der Waals surface area contributed by atoms with Gasteiger partial charge in [-0.2, -0.15) is 0 Å². The SMILES string of the molecule is CC(C)CCNC(=O)CC(C)C1CCNCC1.Cl. The van der Waals surface area contributed by atoms with Crippen molar-refractivity contribution < 1.29 is 4.79 Å². The molecule has 2 N–H and O–H groups in total. The number of nitrogens with one attached hydrogen (secondary N) is 2. The van der Waals surface area contributed by atoms with E-state index in [4.69, 9.17) is 0 Å². The van der Waals surface area contributed by atoms with E-state index in [-0.39, 0.29) is 18.3 Å². The number of carbonyl (C=O) groups excluding carboxylic acids is 1. The van der Waals surface area contributed by atoms with Crippen molar-refractivity contribution in [3.05, 3.63) is 0 Å². The third-order valence-corrected chi connectivity index (χ3v) is 3.74. The summed E-state index contributed by atoms with van der Waals surface area (Å²) in [6.07, 6.45) is 4.22. The van der Waals surface area contributed by atoms with Gasteiger partial charge in [0.1, 0.15) is 0 Å². The number of hydrogen-bond donors (Lipinski definition) is 2. The molecule has 0 spiro atoms. The number of amides is 1. The third-order valence-electron chi connectivity index (χ3n) is 3.74. The van der Waals surface area contributed by atoms with Crippen LogP contribution in [-0.4, -0.2) is 25.5 Å². The maximum absolute atomic E-state index is 11.8. The average molecular weight is 277 g/mol. The second-order valence-electron chi connectivity index (χ2n) is 5.80. The summed E-state index contributed by atoms with van der Waals surface area (Å²) in [5.41, 5.74) is 0. The molecule has 4 heteroatoms. The van der Waals surface area contributed by atoms with Crippen LogP contribution < -0.4 is 10.6 Å². The molecule has 0 aromatic heterocycles. The molecule has 1 rings (SSSR count). The summed E-state index contributed by atoms with van der Waals surface area (Å²) in [5, 5.41) is 6.40. The van der Waals surface area contributed by atoms with Crippen molar-refractivity contribution in [1.82, 2.24) is 10.6 Å². The Kier molecular flexibility index (Phi) is 9.47. The molecule has 3 nitrogen and oxygen atoms in total. The molecule has 0 aromatic rings. The van der Waals surface area contributed by atoms with Crippen molar-refractivity contribution in [2.75, 3.05) is 19.6 Å². The number of piperidine rings is 1. The Morgan fingerprint density at radius 1 is 1.28 bits per heavy atom. The van der Waals surface area contributed by atoms with Crippen molar-refractivity contribution in [2.24, 2.45) is 17.8 Å². The lowest BCUT2D eigenvalue weighted by Gasteiger charge is -2.27. The number of hydrogen-bond acceptors (Lipinski definition) is 2. The maximum atomic E-state index is 11.8. The summed E-state index contributed by atoms with van der Waals surface area (Å²) in [7, 11) is 0. The van der Waals surface area contributed by atoms with Gasteiger partial charge in [-0.3, -0.25) is 4.79 Å². The molecule has 0 aliphatic carbocycles. The lowest BCUT2D eigenvalue weighted by atomic mass is 9.84. The van der Waals surface area contributed by atoms with E-state index in [1.54, 1.807) is 0 Å². The van der Waals surface area contributed by atoms with Crippen LogP contribution >= 0.6 is 12.4 Å². The van der Waals surface area contributed by atoms with Crippen LogP contribution in [0, 0.1) is 17.8 Å². The molecule has 1 saturated heterocycles. The second kappa shape index (κ2) is 9.62. The highest BCUT2D eigenvalue weighted by Crippen LogP contribution is 2.24. The van der Waals surface area contributed by atoms with Crippen molar-refractivity contribution in [3.63, 3.8) is 0 Å². The molecule has 0 bridgehead atoms. The van der Waals surface area contributed by atoms with Crippen LogP contribution in [0.1, 0.15) is 46.5 Å². The van der Waals surface area contributed by atoms with Crippen molar-refractivity contribution in [1.29, 1.82) is 0 Å². The molecule has 1 heterocycles. The summed E-state index contributed by atoms with van der Waals surface area (Å²) in [4.78, 5) is 11.8. The van der Waals surface area contributed by atoms with Gasteiger partial charge in [0.2, 0.25) is 5.91 Å². The highest BCUT2D eigenvalue weighted by Gasteiger charge is 2.21. The standard InChI is InChI=1S/C14H28N2O.ClH/c1-11(2)4-9-16-14(17)10-12(3)13-5-7-15-8-6-13;/h11-13,15H,4-10H2,1-3H3,(H,16,17);1H. The van der Waals surface area contributed by atoms with Crippen molar-refractivity contribution >= 4 is 18.3 Å². The van der Waals surface area contributed by atoms with Gasteiger partial charge in [0.25, 0.3) is 0 Å². The van der Waals surface area contributed by atoms with Gasteiger partial charge >= 0.3 is 0 Å². The fraction of sp³-hybridized carbons (Fsp3) is 0.929. The molecule has 1 aliphatic rings. The van der Waals surface area contributed by atoms with E-state index in [1.165, 1.54) is 12.8 Å². The quantitative estimate of drug-likeness (QED) is 0.783. The first kappa shape index (κ1) is 17.7. The van der Waals surface area contributed by atoms with Crippen molar-refractivity contribution in [2.45, 2.75) is 46.5 Å². The molecule has 0 saturated carbocycles. The van der Waals surface area contributed by atoms with E-state index < -0.39 is 0 Å². The van der Waals surface area contributed by atoms with Gasteiger partial charge in [0.15, 0.2) is 0 Å². The fourth-order valence-electron chi connectivity index (χ4n) is 2.44. The van der Waals surface area contributed by atoms with E-state index >= 15 is 0 Å². The van der Waals surface area contributed by atoms with Crippen LogP contribution in [-0.2, 0) is 4.79 Å². The molecule has 0 radical (unpaired) electrons. The fourth-order valence-corrected chi connectivity index (χ4v) is 2.44. The Labute approximate surface area is 118 Å². The van der Waals surface area contributed by atoms with E-state index in [9.17, 15) is 4.79 Å². The zero-order chi connectivity index (χ0) is 12.7. The van der Waals surface area contributed by atoms with E-state index in [0.717, 1.165) is 32.0 Å². The van der Waals surface area contributed by atoms with Crippen LogP contribution in [0.25, 0.3) is 0 Å². The largest absolute Gasteiger partial charge is 0.356 e.